The third kappa shape index (κ3) is 2.95. The Balaban J connectivity index is 2.35. The minimum Gasteiger partial charge on any atom is -0.342 e. The third-order valence-corrected chi connectivity index (χ3v) is 5.50. The van der Waals surface area contributed by atoms with Crippen LogP contribution >= 0.6 is 10.7 Å². The van der Waals surface area contributed by atoms with Crippen molar-refractivity contribution in [3.8, 4) is 0 Å². The Kier molecular flexibility index (Phi) is 4.10. The van der Waals surface area contributed by atoms with E-state index in [-0.39, 0.29) is 21.4 Å². The van der Waals surface area contributed by atoms with E-state index in [1.54, 1.807) is 20.0 Å². The van der Waals surface area contributed by atoms with Gasteiger partial charge in [0.05, 0.1) is 10.9 Å². The Labute approximate surface area is 139 Å². The predicted octanol–water partition coefficient (Wildman–Crippen LogP) is 2.16. The predicted molar refractivity (Wildman–Crippen MR) is 90.8 cm³/mol. The first-order chi connectivity index (χ1) is 10.8. The first-order valence-electron chi connectivity index (χ1n) is 7.50. The van der Waals surface area contributed by atoms with Crippen molar-refractivity contribution in [3.05, 3.63) is 28.0 Å². The Morgan fingerprint density at radius 2 is 1.83 bits per heavy atom. The topological polar surface area (TPSA) is 72.3 Å². The van der Waals surface area contributed by atoms with Gasteiger partial charge in [-0.1, -0.05) is 0 Å². The summed E-state index contributed by atoms with van der Waals surface area (Å²) in [4.78, 5) is 19.1. The summed E-state index contributed by atoms with van der Waals surface area (Å²) in [6, 6.07) is 3.10. The highest BCUT2D eigenvalue weighted by atomic mass is 35.7. The van der Waals surface area contributed by atoms with E-state index in [0.717, 1.165) is 32.4 Å². The molecular weight excluding hydrogens is 338 g/mol. The Hall–Kier alpha value is -1.60. The summed E-state index contributed by atoms with van der Waals surface area (Å²) in [5.41, 5.74) is 0.538. The van der Waals surface area contributed by atoms with Crippen LogP contribution in [0.25, 0.3) is 10.9 Å². The summed E-state index contributed by atoms with van der Waals surface area (Å²) in [7, 11) is 3.23. The fourth-order valence-corrected chi connectivity index (χ4v) is 4.10. The lowest BCUT2D eigenvalue weighted by molar-refractivity contribution is 0.558. The van der Waals surface area contributed by atoms with Crippen LogP contribution in [0.2, 0.25) is 0 Å². The molecule has 1 aromatic carbocycles. The number of anilines is 1. The van der Waals surface area contributed by atoms with Gasteiger partial charge in [-0.3, -0.25) is 9.36 Å². The van der Waals surface area contributed by atoms with E-state index in [4.69, 9.17) is 10.7 Å². The molecular formula is C15H18ClN3O3S. The highest BCUT2D eigenvalue weighted by Gasteiger charge is 2.22. The van der Waals surface area contributed by atoms with Crippen molar-refractivity contribution < 1.29 is 8.42 Å². The van der Waals surface area contributed by atoms with Crippen molar-refractivity contribution in [2.75, 3.05) is 18.0 Å². The van der Waals surface area contributed by atoms with Crippen molar-refractivity contribution >= 4 is 36.6 Å². The smallest absolute Gasteiger partial charge is 0.263 e. The first kappa shape index (κ1) is 16.3. The van der Waals surface area contributed by atoms with Crippen molar-refractivity contribution in [2.24, 2.45) is 7.05 Å². The summed E-state index contributed by atoms with van der Waals surface area (Å²) in [6.45, 7) is 3.34. The second-order valence-corrected chi connectivity index (χ2v) is 8.46. The Bertz CT molecular complexity index is 931. The Morgan fingerprint density at radius 1 is 1.17 bits per heavy atom. The molecule has 2 heterocycles. The lowest BCUT2D eigenvalue weighted by Gasteiger charge is -2.29. The van der Waals surface area contributed by atoms with Crippen molar-refractivity contribution in [1.29, 1.82) is 0 Å². The van der Waals surface area contributed by atoms with Crippen molar-refractivity contribution in [2.45, 2.75) is 31.1 Å². The average molecular weight is 356 g/mol. The molecule has 6 nitrogen and oxygen atoms in total. The molecule has 0 bridgehead atoms. The van der Waals surface area contributed by atoms with Crippen LogP contribution in [-0.4, -0.2) is 31.1 Å². The molecule has 1 aliphatic rings. The number of nitrogens with zero attached hydrogens (tertiary/aromatic N) is 3. The number of hydrogen-bond acceptors (Lipinski definition) is 5. The Morgan fingerprint density at radius 3 is 2.43 bits per heavy atom. The SMILES string of the molecule is Cc1cc(S(=O)(=O)Cl)c2nc(N3CCCCC3)n(C)c(=O)c2c1. The molecule has 2 aromatic rings. The van der Waals surface area contributed by atoms with E-state index >= 15 is 0 Å². The summed E-state index contributed by atoms with van der Waals surface area (Å²) in [5, 5.41) is 0.271. The maximum absolute atomic E-state index is 12.7. The van der Waals surface area contributed by atoms with E-state index in [1.165, 1.54) is 10.6 Å². The fraction of sp³-hybridized carbons (Fsp3) is 0.467. The van der Waals surface area contributed by atoms with Crippen LogP contribution in [0.3, 0.4) is 0 Å². The van der Waals surface area contributed by atoms with Crippen LogP contribution in [0, 0.1) is 6.92 Å². The van der Waals surface area contributed by atoms with E-state index in [9.17, 15) is 13.2 Å². The summed E-state index contributed by atoms with van der Waals surface area (Å²) < 4.78 is 25.3. The minimum atomic E-state index is -3.99. The number of benzene rings is 1. The normalized spacial score (nSPS) is 16.0. The molecule has 0 radical (unpaired) electrons. The number of rotatable bonds is 2. The quantitative estimate of drug-likeness (QED) is 0.772. The molecule has 1 saturated heterocycles. The van der Waals surface area contributed by atoms with Gasteiger partial charge in [-0.15, -0.1) is 0 Å². The maximum Gasteiger partial charge on any atom is 0.263 e. The van der Waals surface area contributed by atoms with Crippen LogP contribution in [0.4, 0.5) is 5.95 Å². The highest BCUT2D eigenvalue weighted by molar-refractivity contribution is 8.14. The minimum absolute atomic E-state index is 0.106. The molecule has 0 saturated carbocycles. The standard InChI is InChI=1S/C15H18ClN3O3S/c1-10-8-11-13(12(9-10)23(16,21)22)17-15(18(2)14(11)20)19-6-4-3-5-7-19/h8-9H,3-7H2,1-2H3. The number of hydrogen-bond donors (Lipinski definition) is 0. The van der Waals surface area contributed by atoms with Crippen LogP contribution < -0.4 is 10.5 Å². The van der Waals surface area contributed by atoms with E-state index < -0.39 is 9.05 Å². The van der Waals surface area contributed by atoms with E-state index in [1.807, 2.05) is 4.90 Å². The lowest BCUT2D eigenvalue weighted by atomic mass is 10.1. The van der Waals surface area contributed by atoms with Crippen molar-refractivity contribution in [3.63, 3.8) is 0 Å². The molecule has 1 aliphatic heterocycles. The van der Waals surface area contributed by atoms with E-state index in [0.29, 0.717) is 11.5 Å². The van der Waals surface area contributed by atoms with Gasteiger partial charge in [-0.05, 0) is 43.9 Å². The number of halogens is 1. The van der Waals surface area contributed by atoms with Crippen LogP contribution in [0.1, 0.15) is 24.8 Å². The van der Waals surface area contributed by atoms with Gasteiger partial charge in [0.25, 0.3) is 14.6 Å². The number of piperidine rings is 1. The average Bonchev–Trinajstić information content (AvgIpc) is 2.50. The summed E-state index contributed by atoms with van der Waals surface area (Å²) in [5.74, 6) is 0.493. The number of fused-ring (bicyclic) bond motifs is 1. The van der Waals surface area contributed by atoms with Crippen LogP contribution in [0.5, 0.6) is 0 Å². The molecule has 8 heteroatoms. The molecule has 3 rings (SSSR count). The number of aromatic nitrogens is 2. The van der Waals surface area contributed by atoms with Crippen LogP contribution in [-0.2, 0) is 16.1 Å². The van der Waals surface area contributed by atoms with Crippen molar-refractivity contribution in [1.82, 2.24) is 9.55 Å². The van der Waals surface area contributed by atoms with Gasteiger partial charge >= 0.3 is 0 Å². The molecule has 0 spiro atoms. The van der Waals surface area contributed by atoms with Gasteiger partial charge in [0.2, 0.25) is 5.95 Å². The second-order valence-electron chi connectivity index (χ2n) is 5.92. The number of aryl methyl sites for hydroxylation is 1. The van der Waals surface area contributed by atoms with Gasteiger partial charge in [-0.2, -0.15) is 0 Å². The zero-order valence-electron chi connectivity index (χ0n) is 13.0. The van der Waals surface area contributed by atoms with Gasteiger partial charge in [0, 0.05) is 30.8 Å². The monoisotopic (exact) mass is 355 g/mol. The van der Waals surface area contributed by atoms with Crippen LogP contribution in [0.15, 0.2) is 21.8 Å². The lowest BCUT2D eigenvalue weighted by Crippen LogP contribution is -2.35. The summed E-state index contributed by atoms with van der Waals surface area (Å²) in [6.07, 6.45) is 3.21. The largest absolute Gasteiger partial charge is 0.342 e. The molecule has 1 aromatic heterocycles. The molecule has 0 amide bonds. The zero-order valence-corrected chi connectivity index (χ0v) is 14.6. The molecule has 0 aliphatic carbocycles. The molecule has 0 N–H and O–H groups in total. The van der Waals surface area contributed by atoms with Gasteiger partial charge < -0.3 is 4.90 Å². The molecule has 0 atom stereocenters. The molecule has 23 heavy (non-hydrogen) atoms. The first-order valence-corrected chi connectivity index (χ1v) is 9.81. The molecule has 124 valence electrons. The maximum atomic E-state index is 12.7. The zero-order chi connectivity index (χ0) is 16.8. The van der Waals surface area contributed by atoms with E-state index in [2.05, 4.69) is 4.98 Å². The van der Waals surface area contributed by atoms with Gasteiger partial charge in [0.1, 0.15) is 4.90 Å². The summed E-state index contributed by atoms with van der Waals surface area (Å²) >= 11 is 0. The van der Waals surface area contributed by atoms with Gasteiger partial charge in [-0.25, -0.2) is 13.4 Å². The third-order valence-electron chi connectivity index (χ3n) is 4.17. The second kappa shape index (κ2) is 5.79. The molecule has 0 unspecified atom stereocenters. The fourth-order valence-electron chi connectivity index (χ4n) is 3.03. The highest BCUT2D eigenvalue weighted by Crippen LogP contribution is 2.27. The van der Waals surface area contributed by atoms with Gasteiger partial charge in [0.15, 0.2) is 0 Å². The molecule has 1 fully saturated rings.